The molecule has 0 spiro atoms. The average molecular weight is 275 g/mol. The van der Waals surface area contributed by atoms with E-state index in [4.69, 9.17) is 5.11 Å². The van der Waals surface area contributed by atoms with Gasteiger partial charge in [-0.3, -0.25) is 9.69 Å². The second-order valence-electron chi connectivity index (χ2n) is 5.65. The van der Waals surface area contributed by atoms with Gasteiger partial charge in [-0.1, -0.05) is 12.8 Å². The summed E-state index contributed by atoms with van der Waals surface area (Å²) >= 11 is 0. The molecule has 2 fully saturated rings. The van der Waals surface area contributed by atoms with Crippen molar-refractivity contribution in [3.05, 3.63) is 0 Å². The van der Waals surface area contributed by atoms with Gasteiger partial charge >= 0.3 is 5.97 Å². The lowest BCUT2D eigenvalue weighted by molar-refractivity contribution is -0.139. The highest BCUT2D eigenvalue weighted by molar-refractivity contribution is 7.91. The van der Waals surface area contributed by atoms with Gasteiger partial charge in [0.15, 0.2) is 9.84 Å². The van der Waals surface area contributed by atoms with Crippen LogP contribution in [0.15, 0.2) is 0 Å². The molecule has 1 aliphatic carbocycles. The first kappa shape index (κ1) is 13.8. The Morgan fingerprint density at radius 1 is 1.39 bits per heavy atom. The number of sulfone groups is 1. The number of carboxylic acids is 1. The molecule has 6 heteroatoms. The predicted octanol–water partition coefficient (Wildman–Crippen LogP) is 0.749. The minimum Gasteiger partial charge on any atom is -0.480 e. The van der Waals surface area contributed by atoms with Gasteiger partial charge in [-0.2, -0.15) is 0 Å². The Bertz CT molecular complexity index is 416. The van der Waals surface area contributed by atoms with E-state index in [2.05, 4.69) is 0 Å². The minimum atomic E-state index is -2.96. The molecule has 0 aromatic carbocycles. The van der Waals surface area contributed by atoms with Crippen molar-refractivity contribution >= 4 is 15.8 Å². The van der Waals surface area contributed by atoms with Crippen LogP contribution in [0.5, 0.6) is 0 Å². The molecule has 1 N–H and O–H groups in total. The van der Waals surface area contributed by atoms with Crippen molar-refractivity contribution < 1.29 is 18.3 Å². The summed E-state index contributed by atoms with van der Waals surface area (Å²) < 4.78 is 23.0. The third kappa shape index (κ3) is 3.68. The molecule has 0 radical (unpaired) electrons. The molecule has 1 saturated carbocycles. The number of rotatable bonds is 6. The fourth-order valence-corrected chi connectivity index (χ4v) is 4.55. The van der Waals surface area contributed by atoms with E-state index in [-0.39, 0.29) is 30.1 Å². The van der Waals surface area contributed by atoms with Crippen LogP contribution in [-0.4, -0.2) is 54.5 Å². The zero-order valence-electron chi connectivity index (χ0n) is 10.7. The summed E-state index contributed by atoms with van der Waals surface area (Å²) in [6, 6.07) is 0.0479. The van der Waals surface area contributed by atoms with E-state index in [1.165, 1.54) is 12.8 Å². The Labute approximate surface area is 108 Å². The maximum Gasteiger partial charge on any atom is 0.317 e. The van der Waals surface area contributed by atoms with Gasteiger partial charge in [0.2, 0.25) is 0 Å². The maximum atomic E-state index is 11.5. The summed E-state index contributed by atoms with van der Waals surface area (Å²) in [5.74, 6) is 0.162. The highest BCUT2D eigenvalue weighted by Crippen LogP contribution is 2.35. The third-order valence-electron chi connectivity index (χ3n) is 3.93. The smallest absolute Gasteiger partial charge is 0.317 e. The number of carbonyl (C=O) groups is 1. The fourth-order valence-electron chi connectivity index (χ4n) is 2.81. The first-order valence-electron chi connectivity index (χ1n) is 6.55. The van der Waals surface area contributed by atoms with E-state index < -0.39 is 15.8 Å². The number of nitrogens with zero attached hydrogens (tertiary/aromatic N) is 1. The van der Waals surface area contributed by atoms with Crippen LogP contribution in [0.4, 0.5) is 0 Å². The van der Waals surface area contributed by atoms with E-state index in [9.17, 15) is 13.2 Å². The number of aliphatic carboxylic acids is 1. The lowest BCUT2D eigenvalue weighted by Crippen LogP contribution is -2.45. The second-order valence-corrected chi connectivity index (χ2v) is 7.88. The molecule has 0 aromatic rings. The Kier molecular flexibility index (Phi) is 3.96. The molecule has 2 aliphatic rings. The molecular formula is C12H21NO4S. The zero-order chi connectivity index (χ0) is 13.3. The maximum absolute atomic E-state index is 11.5. The molecule has 5 nitrogen and oxygen atoms in total. The van der Waals surface area contributed by atoms with Crippen LogP contribution in [0.1, 0.15) is 32.6 Å². The van der Waals surface area contributed by atoms with Crippen LogP contribution >= 0.6 is 0 Å². The number of hydrogen-bond acceptors (Lipinski definition) is 4. The fraction of sp³-hybridized carbons (Fsp3) is 0.917. The van der Waals surface area contributed by atoms with Crippen molar-refractivity contribution in [2.24, 2.45) is 5.92 Å². The largest absolute Gasteiger partial charge is 0.480 e. The SMILES string of the molecule is CC(CC1CC1)N(CC(=O)O)C1CCS(=O)(=O)C1. The van der Waals surface area contributed by atoms with Gasteiger partial charge in [0.25, 0.3) is 0 Å². The number of carboxylic acid groups (broad SMARTS) is 1. The highest BCUT2D eigenvalue weighted by Gasteiger charge is 2.36. The predicted molar refractivity (Wildman–Crippen MR) is 68.2 cm³/mol. The van der Waals surface area contributed by atoms with E-state index in [1.54, 1.807) is 0 Å². The molecule has 2 rings (SSSR count). The molecule has 1 saturated heterocycles. The van der Waals surface area contributed by atoms with Crippen molar-refractivity contribution in [3.8, 4) is 0 Å². The standard InChI is InChI=1S/C12H21NO4S/c1-9(6-10-2-3-10)13(7-12(14)15)11-4-5-18(16,17)8-11/h9-11H,2-8H2,1H3,(H,14,15). The molecule has 0 aromatic heterocycles. The highest BCUT2D eigenvalue weighted by atomic mass is 32.2. The zero-order valence-corrected chi connectivity index (χ0v) is 11.5. The molecule has 2 atom stereocenters. The molecular weight excluding hydrogens is 254 g/mol. The second kappa shape index (κ2) is 5.17. The first-order chi connectivity index (χ1) is 8.37. The molecule has 1 aliphatic heterocycles. The van der Waals surface area contributed by atoms with Crippen LogP contribution in [-0.2, 0) is 14.6 Å². The van der Waals surface area contributed by atoms with E-state index in [1.807, 2.05) is 11.8 Å². The van der Waals surface area contributed by atoms with Crippen molar-refractivity contribution in [1.82, 2.24) is 4.90 Å². The molecule has 2 unspecified atom stereocenters. The van der Waals surface area contributed by atoms with Crippen molar-refractivity contribution in [2.75, 3.05) is 18.1 Å². The molecule has 0 bridgehead atoms. The normalized spacial score (nSPS) is 28.4. The van der Waals surface area contributed by atoms with Gasteiger partial charge < -0.3 is 5.11 Å². The average Bonchev–Trinajstić information content (AvgIpc) is 2.98. The summed E-state index contributed by atoms with van der Waals surface area (Å²) in [4.78, 5) is 12.8. The lowest BCUT2D eigenvalue weighted by atomic mass is 10.1. The minimum absolute atomic E-state index is 0.0475. The molecule has 18 heavy (non-hydrogen) atoms. The van der Waals surface area contributed by atoms with Gasteiger partial charge in [-0.25, -0.2) is 8.42 Å². The van der Waals surface area contributed by atoms with E-state index in [0.29, 0.717) is 12.3 Å². The van der Waals surface area contributed by atoms with Gasteiger partial charge in [0.1, 0.15) is 0 Å². The number of hydrogen-bond donors (Lipinski definition) is 1. The summed E-state index contributed by atoms with van der Waals surface area (Å²) in [7, 11) is -2.96. The Hall–Kier alpha value is -0.620. The van der Waals surface area contributed by atoms with Gasteiger partial charge in [-0.05, 0) is 25.7 Å². The Balaban J connectivity index is 2.01. The monoisotopic (exact) mass is 275 g/mol. The van der Waals surface area contributed by atoms with Crippen molar-refractivity contribution in [1.29, 1.82) is 0 Å². The summed E-state index contributed by atoms with van der Waals surface area (Å²) in [6.45, 7) is 1.97. The Morgan fingerprint density at radius 2 is 2.06 bits per heavy atom. The first-order valence-corrected chi connectivity index (χ1v) is 8.37. The summed E-state index contributed by atoms with van der Waals surface area (Å²) in [5, 5.41) is 8.98. The summed E-state index contributed by atoms with van der Waals surface area (Å²) in [6.07, 6.45) is 4.02. The van der Waals surface area contributed by atoms with Crippen LogP contribution in [0.2, 0.25) is 0 Å². The topological polar surface area (TPSA) is 74.7 Å². The summed E-state index contributed by atoms with van der Waals surface area (Å²) in [5.41, 5.74) is 0. The van der Waals surface area contributed by atoms with E-state index in [0.717, 1.165) is 6.42 Å². The lowest BCUT2D eigenvalue weighted by Gasteiger charge is -2.32. The van der Waals surface area contributed by atoms with Crippen LogP contribution in [0, 0.1) is 5.92 Å². The Morgan fingerprint density at radius 3 is 2.50 bits per heavy atom. The quantitative estimate of drug-likeness (QED) is 0.774. The van der Waals surface area contributed by atoms with E-state index >= 15 is 0 Å². The van der Waals surface area contributed by atoms with Crippen molar-refractivity contribution in [3.63, 3.8) is 0 Å². The third-order valence-corrected chi connectivity index (χ3v) is 5.68. The van der Waals surface area contributed by atoms with Crippen LogP contribution in [0.25, 0.3) is 0 Å². The van der Waals surface area contributed by atoms with Crippen molar-refractivity contribution in [2.45, 2.75) is 44.7 Å². The van der Waals surface area contributed by atoms with Crippen LogP contribution < -0.4 is 0 Å². The van der Waals surface area contributed by atoms with Gasteiger partial charge in [0, 0.05) is 12.1 Å². The van der Waals surface area contributed by atoms with Gasteiger partial charge in [-0.15, -0.1) is 0 Å². The van der Waals surface area contributed by atoms with Crippen LogP contribution in [0.3, 0.4) is 0 Å². The van der Waals surface area contributed by atoms with Gasteiger partial charge in [0.05, 0.1) is 18.1 Å². The molecule has 0 amide bonds. The molecule has 1 heterocycles. The molecule has 104 valence electrons.